The van der Waals surface area contributed by atoms with Crippen molar-refractivity contribution in [2.75, 3.05) is 39.6 Å². The van der Waals surface area contributed by atoms with Crippen molar-refractivity contribution in [2.24, 2.45) is 0 Å². The van der Waals surface area contributed by atoms with Crippen LogP contribution in [0, 0.1) is 0 Å². The Morgan fingerprint density at radius 1 is 0.294 bits per heavy atom. The highest BCUT2D eigenvalue weighted by atomic mass is 28.4. The van der Waals surface area contributed by atoms with E-state index < -0.39 is 17.6 Å². The number of hydrogen-bond acceptors (Lipinski definition) is 6. The van der Waals surface area contributed by atoms with Crippen molar-refractivity contribution in [2.45, 2.75) is 131 Å². The molecule has 206 valence electrons. The van der Waals surface area contributed by atoms with Gasteiger partial charge in [-0.1, -0.05) is 64.2 Å². The first-order chi connectivity index (χ1) is 16.6. The third-order valence-corrected chi connectivity index (χ3v) is 12.2. The lowest BCUT2D eigenvalue weighted by Gasteiger charge is -2.28. The van der Waals surface area contributed by atoms with Gasteiger partial charge in [-0.25, -0.2) is 0 Å². The van der Waals surface area contributed by atoms with Crippen LogP contribution in [0.1, 0.15) is 119 Å². The highest BCUT2D eigenvalue weighted by molar-refractivity contribution is 6.61. The van der Waals surface area contributed by atoms with Gasteiger partial charge in [0, 0.05) is 51.7 Å². The normalized spacial score (nSPS) is 12.5. The molecule has 6 nitrogen and oxygen atoms in total. The first-order valence-corrected chi connectivity index (χ1v) is 18.3. The maximum absolute atomic E-state index is 5.94. The molecule has 0 aromatic rings. The van der Waals surface area contributed by atoms with E-state index in [1.54, 1.807) is 0 Å². The highest BCUT2D eigenvalue weighted by Crippen LogP contribution is 2.22. The van der Waals surface area contributed by atoms with Crippen LogP contribution in [0.25, 0.3) is 0 Å². The summed E-state index contributed by atoms with van der Waals surface area (Å²) in [7, 11) is -4.88. The Hall–Kier alpha value is 0.194. The Labute approximate surface area is 214 Å². The zero-order valence-corrected chi connectivity index (χ0v) is 25.6. The van der Waals surface area contributed by atoms with Crippen molar-refractivity contribution in [3.63, 3.8) is 0 Å². The number of unbranched alkanes of at least 4 members (excludes halogenated alkanes) is 11. The fourth-order valence-electron chi connectivity index (χ4n) is 4.45. The van der Waals surface area contributed by atoms with E-state index in [2.05, 4.69) is 0 Å². The molecule has 0 unspecified atom stereocenters. The summed E-state index contributed by atoms with van der Waals surface area (Å²) >= 11 is 0. The molecule has 0 aromatic carbocycles. The average Bonchev–Trinajstić information content (AvgIpc) is 2.80. The average molecular weight is 523 g/mol. The fraction of sp³-hybridized carbons (Fsp3) is 1.00. The fourth-order valence-corrected chi connectivity index (χ4v) is 9.82. The largest absolute Gasteiger partial charge is 0.500 e. The van der Waals surface area contributed by atoms with Gasteiger partial charge in [-0.2, -0.15) is 0 Å². The van der Waals surface area contributed by atoms with Gasteiger partial charge >= 0.3 is 17.6 Å². The van der Waals surface area contributed by atoms with Gasteiger partial charge in [0.15, 0.2) is 0 Å². The molecule has 0 atom stereocenters. The van der Waals surface area contributed by atoms with Crippen molar-refractivity contribution in [1.82, 2.24) is 0 Å². The summed E-state index contributed by atoms with van der Waals surface area (Å²) in [5, 5.41) is 0. The topological polar surface area (TPSA) is 55.4 Å². The van der Waals surface area contributed by atoms with E-state index in [9.17, 15) is 0 Å². The predicted molar refractivity (Wildman–Crippen MR) is 146 cm³/mol. The van der Waals surface area contributed by atoms with Gasteiger partial charge in [0.05, 0.1) is 0 Å². The molecule has 0 aromatic heterocycles. The summed E-state index contributed by atoms with van der Waals surface area (Å²) in [6.45, 7) is 16.2. The van der Waals surface area contributed by atoms with Crippen LogP contribution < -0.4 is 0 Å². The highest BCUT2D eigenvalue weighted by Gasteiger charge is 2.40. The minimum absolute atomic E-state index is 0.669. The summed E-state index contributed by atoms with van der Waals surface area (Å²) < 4.78 is 35.7. The van der Waals surface area contributed by atoms with E-state index in [1.165, 1.54) is 64.2 Å². The summed E-state index contributed by atoms with van der Waals surface area (Å²) in [6.07, 6.45) is 15.5. The summed E-state index contributed by atoms with van der Waals surface area (Å²) in [5.74, 6) is 0. The van der Waals surface area contributed by atoms with Crippen molar-refractivity contribution in [3.05, 3.63) is 0 Å². The molecule has 0 heterocycles. The molecule has 0 spiro atoms. The number of hydrogen-bond donors (Lipinski definition) is 0. The van der Waals surface area contributed by atoms with Crippen LogP contribution in [-0.2, 0) is 26.6 Å². The first-order valence-electron chi connectivity index (χ1n) is 14.4. The second-order valence-corrected chi connectivity index (χ2v) is 14.2. The Bertz CT molecular complexity index is 356. The number of rotatable bonds is 27. The summed E-state index contributed by atoms with van der Waals surface area (Å²) in [5.41, 5.74) is 0. The van der Waals surface area contributed by atoms with Crippen LogP contribution in [0.5, 0.6) is 0 Å². The summed E-state index contributed by atoms with van der Waals surface area (Å²) in [6, 6.07) is 1.90. The summed E-state index contributed by atoms with van der Waals surface area (Å²) in [4.78, 5) is 0. The van der Waals surface area contributed by atoms with Crippen LogP contribution in [0.4, 0.5) is 0 Å². The van der Waals surface area contributed by atoms with Crippen molar-refractivity contribution in [1.29, 1.82) is 0 Å². The van der Waals surface area contributed by atoms with Crippen LogP contribution >= 0.6 is 0 Å². The Morgan fingerprint density at radius 3 is 0.647 bits per heavy atom. The lowest BCUT2D eigenvalue weighted by Crippen LogP contribution is -2.45. The minimum Gasteiger partial charge on any atom is -0.374 e. The predicted octanol–water partition coefficient (Wildman–Crippen LogP) is 7.76. The molecular weight excluding hydrogens is 464 g/mol. The van der Waals surface area contributed by atoms with Crippen molar-refractivity contribution < 1.29 is 26.6 Å². The lowest BCUT2D eigenvalue weighted by atomic mass is 10.1. The lowest BCUT2D eigenvalue weighted by molar-refractivity contribution is 0.0698. The van der Waals surface area contributed by atoms with Crippen molar-refractivity contribution in [3.8, 4) is 0 Å². The second-order valence-electron chi connectivity index (χ2n) is 8.71. The van der Waals surface area contributed by atoms with E-state index >= 15 is 0 Å². The van der Waals surface area contributed by atoms with Gasteiger partial charge in [0.25, 0.3) is 0 Å². The van der Waals surface area contributed by atoms with Crippen LogP contribution in [0.15, 0.2) is 0 Å². The van der Waals surface area contributed by atoms with E-state index in [0.29, 0.717) is 39.6 Å². The maximum atomic E-state index is 5.94. The van der Waals surface area contributed by atoms with Crippen LogP contribution in [-0.4, -0.2) is 57.3 Å². The van der Waals surface area contributed by atoms with Crippen LogP contribution in [0.3, 0.4) is 0 Å². The molecule has 0 N–H and O–H groups in total. The van der Waals surface area contributed by atoms with Gasteiger partial charge in [-0.3, -0.25) is 0 Å². The Balaban J connectivity index is 3.75. The first kappa shape index (κ1) is 34.2. The zero-order valence-electron chi connectivity index (χ0n) is 23.6. The molecule has 0 aliphatic heterocycles. The molecule has 0 aliphatic rings. The molecule has 0 radical (unpaired) electrons. The minimum atomic E-state index is -2.44. The van der Waals surface area contributed by atoms with E-state index in [0.717, 1.165) is 24.9 Å². The quantitative estimate of drug-likeness (QED) is 0.0811. The second kappa shape index (κ2) is 23.6. The molecular formula is C26H58O6Si2. The smallest absolute Gasteiger partial charge is 0.374 e. The third kappa shape index (κ3) is 16.8. The monoisotopic (exact) mass is 522 g/mol. The molecule has 0 saturated heterocycles. The van der Waals surface area contributed by atoms with Gasteiger partial charge in [-0.15, -0.1) is 0 Å². The molecule has 0 fully saturated rings. The van der Waals surface area contributed by atoms with Gasteiger partial charge in [-0.05, 0) is 54.4 Å². The Kier molecular flexibility index (Phi) is 23.7. The standard InChI is InChI=1S/C26H58O6Si2/c1-7-27-33(28-8-2,29-9-3)25-23-21-19-17-15-13-14-16-18-20-22-24-26-34(30-10-4,31-11-5)32-12-6/h7-26H2,1-6H3. The molecule has 0 amide bonds. The van der Waals surface area contributed by atoms with Gasteiger partial charge < -0.3 is 26.6 Å². The molecule has 0 rings (SSSR count). The molecule has 0 saturated carbocycles. The zero-order chi connectivity index (χ0) is 25.4. The molecule has 0 bridgehead atoms. The SMILES string of the molecule is CCO[Si](CCCCCCCCCCCCCC[Si](OCC)(OCC)OCC)(OCC)OCC. The Morgan fingerprint density at radius 2 is 0.471 bits per heavy atom. The van der Waals surface area contributed by atoms with Gasteiger partial charge in [0.1, 0.15) is 0 Å². The van der Waals surface area contributed by atoms with Gasteiger partial charge in [0.2, 0.25) is 0 Å². The van der Waals surface area contributed by atoms with Crippen molar-refractivity contribution >= 4 is 17.6 Å². The molecule has 8 heteroatoms. The van der Waals surface area contributed by atoms with E-state index in [4.69, 9.17) is 26.6 Å². The maximum Gasteiger partial charge on any atom is 0.500 e. The molecule has 0 aliphatic carbocycles. The van der Waals surface area contributed by atoms with E-state index in [-0.39, 0.29) is 0 Å². The third-order valence-electron chi connectivity index (χ3n) is 5.90. The van der Waals surface area contributed by atoms with E-state index in [1.807, 2.05) is 41.5 Å². The molecule has 34 heavy (non-hydrogen) atoms. The van der Waals surface area contributed by atoms with Crippen LogP contribution in [0.2, 0.25) is 12.1 Å².